The number of hydrogen-bond donors (Lipinski definition) is 1. The molecule has 2 aromatic carbocycles. The van der Waals surface area contributed by atoms with Gasteiger partial charge in [-0.05, 0) is 42.5 Å². The highest BCUT2D eigenvalue weighted by Crippen LogP contribution is 2.22. The summed E-state index contributed by atoms with van der Waals surface area (Å²) in [6, 6.07) is 18.2. The first-order chi connectivity index (χ1) is 10.7. The summed E-state index contributed by atoms with van der Waals surface area (Å²) < 4.78 is 5.66. The molecule has 22 heavy (non-hydrogen) atoms. The summed E-state index contributed by atoms with van der Waals surface area (Å²) in [7, 11) is 0. The summed E-state index contributed by atoms with van der Waals surface area (Å²) in [6.07, 6.45) is 2.09. The maximum absolute atomic E-state index is 10.6. The average molecular weight is 296 g/mol. The van der Waals surface area contributed by atoms with Crippen LogP contribution in [0.4, 0.5) is 0 Å². The SMILES string of the molecule is C=C(CCCCOc1ccc(-c2ccccc2)cc1)C(=O)O. The number of carboxylic acids is 1. The monoisotopic (exact) mass is 296 g/mol. The van der Waals surface area contributed by atoms with Crippen LogP contribution in [0.25, 0.3) is 11.1 Å². The first-order valence-corrected chi connectivity index (χ1v) is 7.36. The lowest BCUT2D eigenvalue weighted by atomic mass is 10.1. The maximum atomic E-state index is 10.6. The van der Waals surface area contributed by atoms with Crippen molar-refractivity contribution in [3.05, 3.63) is 66.7 Å². The average Bonchev–Trinajstić information content (AvgIpc) is 2.55. The van der Waals surface area contributed by atoms with Crippen LogP contribution in [0.1, 0.15) is 19.3 Å². The van der Waals surface area contributed by atoms with E-state index in [2.05, 4.69) is 18.7 Å². The number of hydrogen-bond acceptors (Lipinski definition) is 2. The van der Waals surface area contributed by atoms with E-state index in [1.807, 2.05) is 42.5 Å². The number of ether oxygens (including phenoxy) is 1. The van der Waals surface area contributed by atoms with Gasteiger partial charge in [-0.1, -0.05) is 49.0 Å². The molecule has 0 unspecified atom stereocenters. The number of benzene rings is 2. The van der Waals surface area contributed by atoms with Gasteiger partial charge in [-0.2, -0.15) is 0 Å². The molecular weight excluding hydrogens is 276 g/mol. The molecule has 0 saturated carbocycles. The van der Waals surface area contributed by atoms with Gasteiger partial charge in [0, 0.05) is 5.57 Å². The zero-order valence-electron chi connectivity index (χ0n) is 12.5. The molecule has 0 heterocycles. The molecule has 3 heteroatoms. The summed E-state index contributed by atoms with van der Waals surface area (Å²) in [5.74, 6) is -0.0887. The van der Waals surface area contributed by atoms with E-state index < -0.39 is 5.97 Å². The molecule has 0 radical (unpaired) electrons. The van der Waals surface area contributed by atoms with E-state index in [1.54, 1.807) is 0 Å². The minimum absolute atomic E-state index is 0.257. The van der Waals surface area contributed by atoms with Crippen LogP contribution in [0.15, 0.2) is 66.7 Å². The van der Waals surface area contributed by atoms with Gasteiger partial charge in [0.05, 0.1) is 6.61 Å². The molecule has 0 fully saturated rings. The summed E-state index contributed by atoms with van der Waals surface area (Å²) in [5, 5.41) is 8.71. The Bertz CT molecular complexity index is 615. The lowest BCUT2D eigenvalue weighted by Gasteiger charge is -2.07. The van der Waals surface area contributed by atoms with Crippen molar-refractivity contribution in [1.82, 2.24) is 0 Å². The van der Waals surface area contributed by atoms with E-state index in [0.717, 1.165) is 24.2 Å². The smallest absolute Gasteiger partial charge is 0.330 e. The summed E-state index contributed by atoms with van der Waals surface area (Å²) in [6.45, 7) is 4.09. The van der Waals surface area contributed by atoms with Crippen molar-refractivity contribution in [3.8, 4) is 16.9 Å². The van der Waals surface area contributed by atoms with Gasteiger partial charge in [0.25, 0.3) is 0 Å². The van der Waals surface area contributed by atoms with E-state index in [1.165, 1.54) is 5.56 Å². The second kappa shape index (κ2) is 8.03. The molecule has 0 aliphatic rings. The number of carboxylic acid groups (broad SMARTS) is 1. The van der Waals surface area contributed by atoms with Crippen LogP contribution in [0.3, 0.4) is 0 Å². The van der Waals surface area contributed by atoms with E-state index in [-0.39, 0.29) is 5.57 Å². The van der Waals surface area contributed by atoms with E-state index >= 15 is 0 Å². The van der Waals surface area contributed by atoms with Crippen LogP contribution in [0, 0.1) is 0 Å². The molecule has 0 bridgehead atoms. The molecule has 0 aliphatic carbocycles. The zero-order valence-corrected chi connectivity index (χ0v) is 12.5. The van der Waals surface area contributed by atoms with Crippen molar-refractivity contribution < 1.29 is 14.6 Å². The maximum Gasteiger partial charge on any atom is 0.330 e. The van der Waals surface area contributed by atoms with E-state index in [0.29, 0.717) is 13.0 Å². The fourth-order valence-electron chi connectivity index (χ4n) is 2.11. The van der Waals surface area contributed by atoms with Crippen LogP contribution < -0.4 is 4.74 Å². The fourth-order valence-corrected chi connectivity index (χ4v) is 2.11. The Labute approximate surface area is 130 Å². The molecule has 2 rings (SSSR count). The number of aliphatic carboxylic acids is 1. The van der Waals surface area contributed by atoms with Crippen LogP contribution in [0.2, 0.25) is 0 Å². The lowest BCUT2D eigenvalue weighted by Crippen LogP contribution is -2.01. The zero-order chi connectivity index (χ0) is 15.8. The Hall–Kier alpha value is -2.55. The Morgan fingerprint density at radius 3 is 2.23 bits per heavy atom. The molecule has 1 N–H and O–H groups in total. The van der Waals surface area contributed by atoms with Crippen molar-refractivity contribution in [1.29, 1.82) is 0 Å². The number of rotatable bonds is 8. The molecule has 0 saturated heterocycles. The molecule has 2 aromatic rings. The third-order valence-corrected chi connectivity index (χ3v) is 3.41. The minimum Gasteiger partial charge on any atom is -0.494 e. The van der Waals surface area contributed by atoms with Crippen molar-refractivity contribution in [2.45, 2.75) is 19.3 Å². The second-order valence-electron chi connectivity index (χ2n) is 5.10. The molecule has 114 valence electrons. The Morgan fingerprint density at radius 1 is 0.955 bits per heavy atom. The number of unbranched alkanes of at least 4 members (excludes halogenated alkanes) is 1. The third-order valence-electron chi connectivity index (χ3n) is 3.41. The van der Waals surface area contributed by atoms with Gasteiger partial charge in [0.1, 0.15) is 5.75 Å². The van der Waals surface area contributed by atoms with Crippen LogP contribution >= 0.6 is 0 Å². The molecule has 0 atom stereocenters. The topological polar surface area (TPSA) is 46.5 Å². The van der Waals surface area contributed by atoms with Gasteiger partial charge in [-0.25, -0.2) is 4.79 Å². The first kappa shape index (κ1) is 15.8. The van der Waals surface area contributed by atoms with Crippen molar-refractivity contribution in [2.75, 3.05) is 6.61 Å². The molecule has 0 aromatic heterocycles. The van der Waals surface area contributed by atoms with Crippen LogP contribution in [0.5, 0.6) is 5.75 Å². The highest BCUT2D eigenvalue weighted by molar-refractivity contribution is 5.85. The highest BCUT2D eigenvalue weighted by atomic mass is 16.5. The minimum atomic E-state index is -0.919. The summed E-state index contributed by atoms with van der Waals surface area (Å²) >= 11 is 0. The molecule has 3 nitrogen and oxygen atoms in total. The normalized spacial score (nSPS) is 10.2. The predicted octanol–water partition coefficient (Wildman–Crippen LogP) is 4.54. The van der Waals surface area contributed by atoms with Gasteiger partial charge in [-0.15, -0.1) is 0 Å². The Morgan fingerprint density at radius 2 is 1.59 bits per heavy atom. The Balaban J connectivity index is 1.75. The van der Waals surface area contributed by atoms with Crippen molar-refractivity contribution in [3.63, 3.8) is 0 Å². The fraction of sp³-hybridized carbons (Fsp3) is 0.211. The lowest BCUT2D eigenvalue weighted by molar-refractivity contribution is -0.132. The summed E-state index contributed by atoms with van der Waals surface area (Å²) in [5.41, 5.74) is 2.60. The molecule has 0 aliphatic heterocycles. The predicted molar refractivity (Wildman–Crippen MR) is 88.0 cm³/mol. The molecule has 0 amide bonds. The van der Waals surface area contributed by atoms with Crippen LogP contribution in [-0.2, 0) is 4.79 Å². The number of carbonyl (C=O) groups is 1. The van der Waals surface area contributed by atoms with Crippen molar-refractivity contribution >= 4 is 5.97 Å². The largest absolute Gasteiger partial charge is 0.494 e. The first-order valence-electron chi connectivity index (χ1n) is 7.36. The van der Waals surface area contributed by atoms with Gasteiger partial charge in [-0.3, -0.25) is 0 Å². The van der Waals surface area contributed by atoms with Gasteiger partial charge in [0.15, 0.2) is 0 Å². The molecular formula is C19H20O3. The quantitative estimate of drug-likeness (QED) is 0.574. The van der Waals surface area contributed by atoms with Gasteiger partial charge in [0.2, 0.25) is 0 Å². The van der Waals surface area contributed by atoms with E-state index in [9.17, 15) is 4.79 Å². The highest BCUT2D eigenvalue weighted by Gasteiger charge is 2.03. The van der Waals surface area contributed by atoms with E-state index in [4.69, 9.17) is 9.84 Å². The third kappa shape index (κ3) is 4.77. The van der Waals surface area contributed by atoms with Gasteiger partial charge >= 0.3 is 5.97 Å². The summed E-state index contributed by atoms with van der Waals surface area (Å²) in [4.78, 5) is 10.6. The van der Waals surface area contributed by atoms with Gasteiger partial charge < -0.3 is 9.84 Å². The van der Waals surface area contributed by atoms with Crippen molar-refractivity contribution in [2.24, 2.45) is 0 Å². The molecule has 0 spiro atoms. The van der Waals surface area contributed by atoms with Crippen LogP contribution in [-0.4, -0.2) is 17.7 Å². The Kier molecular flexibility index (Phi) is 5.78. The standard InChI is InChI=1S/C19H20O3/c1-15(19(20)21)7-5-6-14-22-18-12-10-17(11-13-18)16-8-3-2-4-9-16/h2-4,8-13H,1,5-7,14H2,(H,20,21). The second-order valence-corrected chi connectivity index (χ2v) is 5.10.